The highest BCUT2D eigenvalue weighted by Gasteiger charge is 1.79. The Morgan fingerprint density at radius 1 is 1.00 bits per heavy atom. The molecule has 0 aromatic rings. The number of allylic oxidation sites excluding steroid dienone is 8. The van der Waals surface area contributed by atoms with Crippen molar-refractivity contribution in [1.29, 1.82) is 15.9 Å². The van der Waals surface area contributed by atoms with Crippen LogP contribution < -0.4 is 5.73 Å². The predicted molar refractivity (Wildman–Crippen MR) is 58.6 cm³/mol. The van der Waals surface area contributed by atoms with Gasteiger partial charge in [0, 0.05) is 0 Å². The molecule has 0 saturated heterocycles. The van der Waals surface area contributed by atoms with Crippen molar-refractivity contribution in [3.05, 3.63) is 48.2 Å². The topological polar surface area (TPSA) is 97.4 Å². The van der Waals surface area contributed by atoms with Gasteiger partial charge in [0.25, 0.3) is 0 Å². The molecule has 0 aromatic heterocycles. The van der Waals surface area contributed by atoms with Gasteiger partial charge in [0.2, 0.25) is 0 Å². The Hall–Kier alpha value is -2.59. The molecule has 74 valence electrons. The Bertz CT molecular complexity index is 411. The van der Waals surface area contributed by atoms with E-state index in [0.717, 1.165) is 0 Å². The maximum atomic E-state index is 8.30. The summed E-state index contributed by atoms with van der Waals surface area (Å²) < 4.78 is 0. The summed E-state index contributed by atoms with van der Waals surface area (Å²) >= 11 is 0. The molecule has 0 amide bonds. The number of nitriles is 2. The third-order valence-corrected chi connectivity index (χ3v) is 1.23. The minimum Gasteiger partial charge on any atom is -0.390 e. The van der Waals surface area contributed by atoms with Crippen molar-refractivity contribution >= 4 is 5.71 Å². The summed E-state index contributed by atoms with van der Waals surface area (Å²) in [6, 6.07) is 3.45. The highest BCUT2D eigenvalue weighted by Crippen LogP contribution is 1.85. The van der Waals surface area contributed by atoms with Gasteiger partial charge >= 0.3 is 0 Å². The molecule has 0 spiro atoms. The number of nitrogens with two attached hydrogens (primary N) is 1. The molecule has 0 rings (SSSR count). The molecule has 0 fully saturated rings. The van der Waals surface area contributed by atoms with Crippen LogP contribution in [0.15, 0.2) is 48.2 Å². The number of nitrogens with one attached hydrogen (secondary N) is 1. The number of hydrogen-bond acceptors (Lipinski definition) is 4. The lowest BCUT2D eigenvalue weighted by Crippen LogP contribution is -1.90. The van der Waals surface area contributed by atoms with E-state index < -0.39 is 0 Å². The lowest BCUT2D eigenvalue weighted by Gasteiger charge is -1.78. The van der Waals surface area contributed by atoms with Gasteiger partial charge in [-0.1, -0.05) is 30.4 Å². The molecule has 0 aliphatic heterocycles. The average Bonchev–Trinajstić information content (AvgIpc) is 2.26. The Morgan fingerprint density at radius 2 is 1.60 bits per heavy atom. The van der Waals surface area contributed by atoms with E-state index in [1.165, 1.54) is 12.2 Å². The molecular formula is C11H10N4. The quantitative estimate of drug-likeness (QED) is 0.407. The molecule has 0 aliphatic carbocycles. The molecule has 0 aliphatic rings. The fraction of sp³-hybridized carbons (Fsp3) is 0. The third-order valence-electron chi connectivity index (χ3n) is 1.23. The van der Waals surface area contributed by atoms with Gasteiger partial charge in [0.1, 0.15) is 23.5 Å². The molecule has 0 bridgehead atoms. The molecule has 0 unspecified atom stereocenters. The zero-order chi connectivity index (χ0) is 11.5. The average molecular weight is 198 g/mol. The second-order valence-corrected chi connectivity index (χ2v) is 2.39. The monoisotopic (exact) mass is 198 g/mol. The van der Waals surface area contributed by atoms with E-state index in [4.69, 9.17) is 21.7 Å². The molecule has 0 saturated carbocycles. The second-order valence-electron chi connectivity index (χ2n) is 2.39. The SMILES string of the molecule is N#CC(=N)/C=C/C=C/C=C/C=C(\N)C#N. The van der Waals surface area contributed by atoms with Crippen molar-refractivity contribution in [1.82, 2.24) is 0 Å². The van der Waals surface area contributed by atoms with E-state index in [2.05, 4.69) is 0 Å². The Labute approximate surface area is 88.4 Å². The first-order chi connectivity index (χ1) is 7.20. The smallest absolute Gasteiger partial charge is 0.132 e. The standard InChI is InChI=1S/C11H10N4/c12-8-10(14)6-4-2-1-3-5-7-11(15)9-13/h1-7,14H,15H2/b2-1+,5-3+,6-4+,11-7-,14-10?. The predicted octanol–water partition coefficient (Wildman–Crippen LogP) is 1.56. The van der Waals surface area contributed by atoms with Gasteiger partial charge in [-0.25, -0.2) is 0 Å². The van der Waals surface area contributed by atoms with Gasteiger partial charge in [-0.05, 0) is 12.2 Å². The summed E-state index contributed by atoms with van der Waals surface area (Å²) in [5, 5.41) is 23.5. The molecular weight excluding hydrogens is 188 g/mol. The van der Waals surface area contributed by atoms with Gasteiger partial charge < -0.3 is 5.73 Å². The van der Waals surface area contributed by atoms with Crippen molar-refractivity contribution < 1.29 is 0 Å². The van der Waals surface area contributed by atoms with E-state index >= 15 is 0 Å². The second kappa shape index (κ2) is 8.03. The van der Waals surface area contributed by atoms with Gasteiger partial charge in [-0.3, -0.25) is 5.41 Å². The van der Waals surface area contributed by atoms with Gasteiger partial charge in [0.05, 0.1) is 0 Å². The Kier molecular flexibility index (Phi) is 6.64. The molecule has 15 heavy (non-hydrogen) atoms. The van der Waals surface area contributed by atoms with E-state index in [0.29, 0.717) is 0 Å². The van der Waals surface area contributed by atoms with Crippen LogP contribution in [0.5, 0.6) is 0 Å². The zero-order valence-corrected chi connectivity index (χ0v) is 8.01. The first kappa shape index (κ1) is 12.4. The van der Waals surface area contributed by atoms with E-state index in [1.54, 1.807) is 42.5 Å². The van der Waals surface area contributed by atoms with Crippen LogP contribution in [-0.4, -0.2) is 5.71 Å². The highest BCUT2D eigenvalue weighted by atomic mass is 14.6. The lowest BCUT2D eigenvalue weighted by atomic mass is 10.3. The van der Waals surface area contributed by atoms with Crippen LogP contribution in [0.3, 0.4) is 0 Å². The summed E-state index contributed by atoms with van der Waals surface area (Å²) in [5.41, 5.74) is 5.26. The van der Waals surface area contributed by atoms with E-state index in [9.17, 15) is 0 Å². The minimum atomic E-state index is -0.0998. The van der Waals surface area contributed by atoms with Crippen LogP contribution in [0.25, 0.3) is 0 Å². The van der Waals surface area contributed by atoms with Gasteiger partial charge in [-0.15, -0.1) is 0 Å². The Morgan fingerprint density at radius 3 is 2.20 bits per heavy atom. The molecule has 4 heteroatoms. The van der Waals surface area contributed by atoms with Crippen molar-refractivity contribution in [3.63, 3.8) is 0 Å². The summed E-state index contributed by atoms with van der Waals surface area (Å²) in [6.07, 6.45) is 11.1. The van der Waals surface area contributed by atoms with Crippen molar-refractivity contribution in [2.75, 3.05) is 0 Å². The summed E-state index contributed by atoms with van der Waals surface area (Å²) in [4.78, 5) is 0. The summed E-state index contributed by atoms with van der Waals surface area (Å²) in [5.74, 6) is 0. The Balaban J connectivity index is 4.04. The molecule has 0 radical (unpaired) electrons. The van der Waals surface area contributed by atoms with Crippen LogP contribution >= 0.6 is 0 Å². The fourth-order valence-corrected chi connectivity index (χ4v) is 0.578. The van der Waals surface area contributed by atoms with E-state index in [-0.39, 0.29) is 11.4 Å². The van der Waals surface area contributed by atoms with Crippen LogP contribution in [0.2, 0.25) is 0 Å². The van der Waals surface area contributed by atoms with Crippen LogP contribution in [0, 0.1) is 28.1 Å². The highest BCUT2D eigenvalue weighted by molar-refractivity contribution is 6.04. The maximum absolute atomic E-state index is 8.30. The van der Waals surface area contributed by atoms with E-state index in [1.807, 2.05) is 0 Å². The number of rotatable bonds is 4. The molecule has 0 atom stereocenters. The van der Waals surface area contributed by atoms with Gasteiger partial charge in [-0.2, -0.15) is 10.5 Å². The van der Waals surface area contributed by atoms with Crippen LogP contribution in [0.4, 0.5) is 0 Å². The lowest BCUT2D eigenvalue weighted by molar-refractivity contribution is 1.39. The molecule has 0 heterocycles. The largest absolute Gasteiger partial charge is 0.390 e. The maximum Gasteiger partial charge on any atom is 0.132 e. The molecule has 0 aromatic carbocycles. The van der Waals surface area contributed by atoms with Crippen molar-refractivity contribution in [2.24, 2.45) is 5.73 Å². The zero-order valence-electron chi connectivity index (χ0n) is 8.01. The third kappa shape index (κ3) is 7.76. The number of nitrogens with zero attached hydrogens (tertiary/aromatic N) is 2. The molecule has 4 nitrogen and oxygen atoms in total. The number of hydrogen-bond donors (Lipinski definition) is 2. The van der Waals surface area contributed by atoms with Crippen molar-refractivity contribution in [2.45, 2.75) is 0 Å². The summed E-state index contributed by atoms with van der Waals surface area (Å²) in [7, 11) is 0. The first-order valence-corrected chi connectivity index (χ1v) is 4.06. The van der Waals surface area contributed by atoms with Crippen molar-refractivity contribution in [3.8, 4) is 12.1 Å². The normalized spacial score (nSPS) is 12.0. The van der Waals surface area contributed by atoms with Crippen LogP contribution in [0.1, 0.15) is 0 Å². The van der Waals surface area contributed by atoms with Crippen LogP contribution in [-0.2, 0) is 0 Å². The fourth-order valence-electron chi connectivity index (χ4n) is 0.578. The first-order valence-electron chi connectivity index (χ1n) is 4.06. The molecule has 3 N–H and O–H groups in total. The van der Waals surface area contributed by atoms with Gasteiger partial charge in [0.15, 0.2) is 0 Å². The summed E-state index contributed by atoms with van der Waals surface area (Å²) in [6.45, 7) is 0. The minimum absolute atomic E-state index is 0.0998.